The van der Waals surface area contributed by atoms with Gasteiger partial charge in [0.15, 0.2) is 0 Å². The highest BCUT2D eigenvalue weighted by Gasteiger charge is 2.26. The molecule has 3 rings (SSSR count). The fourth-order valence-electron chi connectivity index (χ4n) is 3.96. The van der Waals surface area contributed by atoms with Crippen LogP contribution in [0.15, 0.2) is 36.4 Å². The number of nitrogens with two attached hydrogens (primary N) is 1. The Balaban J connectivity index is 1.90. The van der Waals surface area contributed by atoms with E-state index in [2.05, 4.69) is 31.0 Å². The average Bonchev–Trinajstić information content (AvgIpc) is 2.65. The van der Waals surface area contributed by atoms with Crippen LogP contribution in [0, 0.1) is 6.92 Å². The fourth-order valence-corrected chi connectivity index (χ4v) is 3.96. The normalized spacial score (nSPS) is 19.6. The lowest BCUT2D eigenvalue weighted by Gasteiger charge is -2.42. The van der Waals surface area contributed by atoms with E-state index in [1.165, 1.54) is 19.3 Å². The summed E-state index contributed by atoms with van der Waals surface area (Å²) in [6.07, 6.45) is 3.62. The summed E-state index contributed by atoms with van der Waals surface area (Å²) in [5.41, 5.74) is 10.2. The Morgan fingerprint density at radius 3 is 2.56 bits per heavy atom. The minimum atomic E-state index is -0.199. The maximum atomic E-state index is 12.7. The van der Waals surface area contributed by atoms with Gasteiger partial charge < -0.3 is 20.7 Å². The highest BCUT2D eigenvalue weighted by atomic mass is 16.5. The minimum Gasteiger partial charge on any atom is -0.497 e. The molecule has 0 bridgehead atoms. The number of amides is 1. The summed E-state index contributed by atoms with van der Waals surface area (Å²) in [6.45, 7) is 6.60. The van der Waals surface area contributed by atoms with E-state index in [4.69, 9.17) is 10.5 Å². The van der Waals surface area contributed by atoms with E-state index >= 15 is 0 Å². The summed E-state index contributed by atoms with van der Waals surface area (Å²) >= 11 is 0. The maximum absolute atomic E-state index is 12.7. The molecule has 2 aromatic carbocycles. The monoisotopic (exact) mass is 367 g/mol. The number of nitrogen functional groups attached to an aromatic ring is 1. The van der Waals surface area contributed by atoms with Gasteiger partial charge in [-0.25, -0.2) is 0 Å². The number of anilines is 3. The molecule has 0 spiro atoms. The molecule has 0 aromatic heterocycles. The number of aryl methyl sites for hydroxylation is 1. The Morgan fingerprint density at radius 2 is 1.89 bits per heavy atom. The van der Waals surface area contributed by atoms with Crippen LogP contribution in [0.25, 0.3) is 0 Å². The standard InChI is InChI=1S/C22H29N3O2/c1-14-11-19(23)20(13-21(14)25-15(2)7-5-8-16(25)3)24-22(26)17-9-6-10-18(12-17)27-4/h6,9-13,15-16H,5,7-8,23H2,1-4H3,(H,24,26)/t15-,16+. The van der Waals surface area contributed by atoms with E-state index in [9.17, 15) is 4.79 Å². The number of hydrogen-bond donors (Lipinski definition) is 2. The first-order valence-corrected chi connectivity index (χ1v) is 9.54. The van der Waals surface area contributed by atoms with Gasteiger partial charge in [0.2, 0.25) is 0 Å². The summed E-state index contributed by atoms with van der Waals surface area (Å²) in [5, 5.41) is 2.97. The molecule has 0 radical (unpaired) electrons. The Bertz CT molecular complexity index is 824. The first kappa shape index (κ1) is 19.1. The van der Waals surface area contributed by atoms with Gasteiger partial charge in [0.25, 0.3) is 5.91 Å². The van der Waals surface area contributed by atoms with E-state index in [0.717, 1.165) is 11.3 Å². The molecule has 0 aliphatic carbocycles. The van der Waals surface area contributed by atoms with Gasteiger partial charge in [-0.05, 0) is 75.9 Å². The Kier molecular flexibility index (Phi) is 5.59. The van der Waals surface area contributed by atoms with Crippen LogP contribution >= 0.6 is 0 Å². The quantitative estimate of drug-likeness (QED) is 0.775. The van der Waals surface area contributed by atoms with E-state index in [1.807, 2.05) is 18.2 Å². The molecule has 1 fully saturated rings. The molecule has 5 heteroatoms. The Morgan fingerprint density at radius 1 is 1.19 bits per heavy atom. The van der Waals surface area contributed by atoms with E-state index in [0.29, 0.717) is 34.8 Å². The van der Waals surface area contributed by atoms with Gasteiger partial charge in [0, 0.05) is 23.3 Å². The molecule has 1 saturated heterocycles. The highest BCUT2D eigenvalue weighted by molar-refractivity contribution is 6.06. The van der Waals surface area contributed by atoms with E-state index in [-0.39, 0.29) is 5.91 Å². The summed E-state index contributed by atoms with van der Waals surface area (Å²) in [7, 11) is 1.59. The number of nitrogens with zero attached hydrogens (tertiary/aromatic N) is 1. The second-order valence-corrected chi connectivity index (χ2v) is 7.45. The highest BCUT2D eigenvalue weighted by Crippen LogP contribution is 2.36. The molecule has 0 saturated carbocycles. The van der Waals surface area contributed by atoms with Gasteiger partial charge in [0.05, 0.1) is 18.5 Å². The van der Waals surface area contributed by atoms with Gasteiger partial charge in [-0.1, -0.05) is 6.07 Å². The van der Waals surface area contributed by atoms with Crippen molar-refractivity contribution in [2.45, 2.75) is 52.1 Å². The van der Waals surface area contributed by atoms with Crippen molar-refractivity contribution in [3.05, 3.63) is 47.5 Å². The number of carbonyl (C=O) groups excluding carboxylic acids is 1. The lowest BCUT2D eigenvalue weighted by molar-refractivity contribution is 0.102. The molecule has 2 aromatic rings. The van der Waals surface area contributed by atoms with Crippen LogP contribution in [-0.2, 0) is 0 Å². The number of hydrogen-bond acceptors (Lipinski definition) is 4. The van der Waals surface area contributed by atoms with Crippen LogP contribution in [-0.4, -0.2) is 25.1 Å². The van der Waals surface area contributed by atoms with Crippen LogP contribution in [0.2, 0.25) is 0 Å². The minimum absolute atomic E-state index is 0.199. The summed E-state index contributed by atoms with van der Waals surface area (Å²) in [4.78, 5) is 15.2. The number of nitrogens with one attached hydrogen (secondary N) is 1. The smallest absolute Gasteiger partial charge is 0.255 e. The van der Waals surface area contributed by atoms with E-state index in [1.54, 1.807) is 25.3 Å². The molecule has 0 unspecified atom stereocenters. The molecular weight excluding hydrogens is 338 g/mol. The second kappa shape index (κ2) is 7.91. The molecule has 1 heterocycles. The molecular formula is C22H29N3O2. The van der Waals surface area contributed by atoms with Crippen molar-refractivity contribution in [3.63, 3.8) is 0 Å². The molecule has 27 heavy (non-hydrogen) atoms. The van der Waals surface area contributed by atoms with Gasteiger partial charge in [-0.15, -0.1) is 0 Å². The van der Waals surface area contributed by atoms with E-state index < -0.39 is 0 Å². The third-order valence-electron chi connectivity index (χ3n) is 5.42. The van der Waals surface area contributed by atoms with Gasteiger partial charge in [0.1, 0.15) is 5.75 Å². The molecule has 144 valence electrons. The molecule has 3 N–H and O–H groups in total. The van der Waals surface area contributed by atoms with Crippen molar-refractivity contribution in [3.8, 4) is 5.75 Å². The first-order chi connectivity index (χ1) is 12.9. The van der Waals surface area contributed by atoms with Crippen molar-refractivity contribution in [2.24, 2.45) is 0 Å². The van der Waals surface area contributed by atoms with Crippen LogP contribution < -0.4 is 20.7 Å². The van der Waals surface area contributed by atoms with Crippen molar-refractivity contribution in [1.82, 2.24) is 0 Å². The fraction of sp³-hybridized carbons (Fsp3) is 0.409. The number of benzene rings is 2. The summed E-state index contributed by atoms with van der Waals surface area (Å²) < 4.78 is 5.21. The largest absolute Gasteiger partial charge is 0.497 e. The van der Waals surface area contributed by atoms with Crippen LogP contribution in [0.3, 0.4) is 0 Å². The predicted octanol–water partition coefficient (Wildman–Crippen LogP) is 4.61. The number of piperidine rings is 1. The molecule has 1 aliphatic rings. The zero-order chi connectivity index (χ0) is 19.6. The molecule has 1 amide bonds. The summed E-state index contributed by atoms with van der Waals surface area (Å²) in [6, 6.07) is 12.0. The topological polar surface area (TPSA) is 67.6 Å². The zero-order valence-electron chi connectivity index (χ0n) is 16.6. The molecule has 2 atom stereocenters. The van der Waals surface area contributed by atoms with Crippen molar-refractivity contribution >= 4 is 23.0 Å². The van der Waals surface area contributed by atoms with Gasteiger partial charge in [-0.2, -0.15) is 0 Å². The number of ether oxygens (including phenoxy) is 1. The maximum Gasteiger partial charge on any atom is 0.255 e. The molecule has 1 aliphatic heterocycles. The average molecular weight is 367 g/mol. The van der Waals surface area contributed by atoms with Crippen molar-refractivity contribution in [1.29, 1.82) is 0 Å². The first-order valence-electron chi connectivity index (χ1n) is 9.54. The third kappa shape index (κ3) is 4.02. The van der Waals surface area contributed by atoms with Crippen LogP contribution in [0.4, 0.5) is 17.1 Å². The zero-order valence-corrected chi connectivity index (χ0v) is 16.6. The Labute approximate surface area is 161 Å². The Hall–Kier alpha value is -2.69. The van der Waals surface area contributed by atoms with Gasteiger partial charge in [-0.3, -0.25) is 4.79 Å². The number of carbonyl (C=O) groups is 1. The SMILES string of the molecule is COc1cccc(C(=O)Nc2cc(N3[C@H](C)CCC[C@@H]3C)c(C)cc2N)c1. The molecule has 5 nitrogen and oxygen atoms in total. The lowest BCUT2D eigenvalue weighted by atomic mass is 9.95. The third-order valence-corrected chi connectivity index (χ3v) is 5.42. The number of rotatable bonds is 4. The van der Waals surface area contributed by atoms with Gasteiger partial charge >= 0.3 is 0 Å². The van der Waals surface area contributed by atoms with Crippen LogP contribution in [0.5, 0.6) is 5.75 Å². The lowest BCUT2D eigenvalue weighted by Crippen LogP contribution is -2.44. The number of methoxy groups -OCH3 is 1. The van der Waals surface area contributed by atoms with Crippen molar-refractivity contribution < 1.29 is 9.53 Å². The van der Waals surface area contributed by atoms with Crippen molar-refractivity contribution in [2.75, 3.05) is 23.1 Å². The predicted molar refractivity (Wildman–Crippen MR) is 112 cm³/mol. The summed E-state index contributed by atoms with van der Waals surface area (Å²) in [5.74, 6) is 0.450. The van der Waals surface area contributed by atoms with Crippen LogP contribution in [0.1, 0.15) is 49.0 Å². The second-order valence-electron chi connectivity index (χ2n) is 7.45.